The summed E-state index contributed by atoms with van der Waals surface area (Å²) in [6.45, 7) is 1.74. The number of nitrogens with zero attached hydrogens (tertiary/aromatic N) is 3. The molecule has 2 aromatic heterocycles. The minimum atomic E-state index is -4.52. The Balaban J connectivity index is 1.79. The molecule has 0 aliphatic rings. The second-order valence-electron chi connectivity index (χ2n) is 5.28. The van der Waals surface area contributed by atoms with Crippen molar-refractivity contribution in [2.45, 2.75) is 13.1 Å². The highest BCUT2D eigenvalue weighted by atomic mass is 19.4. The number of pyridine rings is 1. The van der Waals surface area contributed by atoms with Gasteiger partial charge in [-0.2, -0.15) is 18.3 Å². The lowest BCUT2D eigenvalue weighted by Gasteiger charge is -2.08. The third kappa shape index (κ3) is 3.52. The van der Waals surface area contributed by atoms with Crippen LogP contribution in [0.1, 0.15) is 21.7 Å². The van der Waals surface area contributed by atoms with E-state index in [0.717, 1.165) is 24.0 Å². The smallest absolute Gasteiger partial charge is 0.320 e. The highest BCUT2D eigenvalue weighted by Crippen LogP contribution is 2.28. The third-order valence-electron chi connectivity index (χ3n) is 3.57. The number of amides is 1. The summed E-state index contributed by atoms with van der Waals surface area (Å²) in [6.07, 6.45) is -2.14. The van der Waals surface area contributed by atoms with E-state index in [2.05, 4.69) is 15.4 Å². The van der Waals surface area contributed by atoms with E-state index >= 15 is 0 Å². The molecule has 0 radical (unpaired) electrons. The van der Waals surface area contributed by atoms with Crippen LogP contribution in [-0.4, -0.2) is 20.7 Å². The first kappa shape index (κ1) is 16.7. The quantitative estimate of drug-likeness (QED) is 0.784. The molecule has 25 heavy (non-hydrogen) atoms. The molecule has 0 saturated heterocycles. The van der Waals surface area contributed by atoms with Gasteiger partial charge >= 0.3 is 6.18 Å². The third-order valence-corrected chi connectivity index (χ3v) is 3.57. The Morgan fingerprint density at radius 1 is 1.08 bits per heavy atom. The summed E-state index contributed by atoms with van der Waals surface area (Å²) in [5.41, 5.74) is 0.894. The van der Waals surface area contributed by atoms with Crippen molar-refractivity contribution in [3.63, 3.8) is 0 Å². The molecule has 0 saturated carbocycles. The first-order chi connectivity index (χ1) is 11.9. The van der Waals surface area contributed by atoms with E-state index in [1.54, 1.807) is 11.6 Å². The molecule has 0 aliphatic heterocycles. The van der Waals surface area contributed by atoms with Gasteiger partial charge in [-0.3, -0.25) is 4.79 Å². The van der Waals surface area contributed by atoms with E-state index in [9.17, 15) is 18.0 Å². The van der Waals surface area contributed by atoms with Crippen LogP contribution in [0.4, 0.5) is 18.9 Å². The van der Waals surface area contributed by atoms with E-state index in [0.29, 0.717) is 11.3 Å². The maximum atomic E-state index is 12.5. The van der Waals surface area contributed by atoms with Gasteiger partial charge in [0.1, 0.15) is 5.69 Å². The fourth-order valence-electron chi connectivity index (χ4n) is 2.30. The number of halogens is 3. The van der Waals surface area contributed by atoms with Gasteiger partial charge in [0.15, 0.2) is 0 Å². The normalized spacial score (nSPS) is 11.4. The van der Waals surface area contributed by atoms with Crippen molar-refractivity contribution < 1.29 is 18.0 Å². The summed E-state index contributed by atoms with van der Waals surface area (Å²) in [5.74, 6) is -0.471. The summed E-state index contributed by atoms with van der Waals surface area (Å²) < 4.78 is 39.1. The highest BCUT2D eigenvalue weighted by Gasteiger charge is 2.32. The number of aromatic nitrogens is 3. The van der Waals surface area contributed by atoms with Crippen LogP contribution in [0.15, 0.2) is 54.9 Å². The molecule has 2 heterocycles. The largest absolute Gasteiger partial charge is 0.433 e. The molecule has 0 atom stereocenters. The Morgan fingerprint density at radius 3 is 2.40 bits per heavy atom. The number of para-hydroxylation sites is 1. The zero-order valence-electron chi connectivity index (χ0n) is 13.1. The van der Waals surface area contributed by atoms with Crippen LogP contribution < -0.4 is 5.32 Å². The summed E-state index contributed by atoms with van der Waals surface area (Å²) in [4.78, 5) is 15.7. The number of benzene rings is 1. The van der Waals surface area contributed by atoms with Crippen LogP contribution in [0, 0.1) is 6.92 Å². The summed E-state index contributed by atoms with van der Waals surface area (Å²) in [5, 5.41) is 6.71. The second kappa shape index (κ2) is 6.39. The maximum absolute atomic E-state index is 12.5. The standard InChI is InChI=1S/C17H13F3N4O/c1-11-14(10-22-24(11)13-5-3-2-4-6-13)16(25)23-12-7-8-15(21-9-12)17(18,19)20/h2-10H,1H3,(H,23,25). The van der Waals surface area contributed by atoms with Gasteiger partial charge in [0.2, 0.25) is 0 Å². The first-order valence-electron chi connectivity index (χ1n) is 7.31. The molecule has 1 amide bonds. The molecule has 5 nitrogen and oxygen atoms in total. The van der Waals surface area contributed by atoms with Gasteiger partial charge in [0, 0.05) is 0 Å². The second-order valence-corrected chi connectivity index (χ2v) is 5.28. The molecule has 1 N–H and O–H groups in total. The Bertz CT molecular complexity index is 887. The Kier molecular flexibility index (Phi) is 4.26. The molecular weight excluding hydrogens is 333 g/mol. The molecule has 0 spiro atoms. The molecule has 3 rings (SSSR count). The molecular formula is C17H13F3N4O. The van der Waals surface area contributed by atoms with Crippen molar-refractivity contribution in [2.24, 2.45) is 0 Å². The van der Waals surface area contributed by atoms with Crippen LogP contribution in [0.25, 0.3) is 5.69 Å². The SMILES string of the molecule is Cc1c(C(=O)Nc2ccc(C(F)(F)F)nc2)cnn1-c1ccccc1. The molecule has 3 aromatic rings. The van der Waals surface area contributed by atoms with Crippen molar-refractivity contribution in [1.29, 1.82) is 0 Å². The van der Waals surface area contributed by atoms with Crippen LogP contribution in [0.3, 0.4) is 0 Å². The minimum Gasteiger partial charge on any atom is -0.320 e. The maximum Gasteiger partial charge on any atom is 0.433 e. The number of anilines is 1. The van der Waals surface area contributed by atoms with E-state index in [1.807, 2.05) is 30.3 Å². The molecule has 0 fully saturated rings. The number of alkyl halides is 3. The van der Waals surface area contributed by atoms with Gasteiger partial charge in [0.05, 0.1) is 35.0 Å². The average Bonchev–Trinajstić information content (AvgIpc) is 2.97. The van der Waals surface area contributed by atoms with Crippen LogP contribution in [-0.2, 0) is 6.18 Å². The minimum absolute atomic E-state index is 0.171. The molecule has 0 unspecified atom stereocenters. The number of carbonyl (C=O) groups excluding carboxylic acids is 1. The lowest BCUT2D eigenvalue weighted by Crippen LogP contribution is -2.14. The number of carbonyl (C=O) groups is 1. The van der Waals surface area contributed by atoms with Crippen molar-refractivity contribution in [3.8, 4) is 5.69 Å². The number of rotatable bonds is 3. The van der Waals surface area contributed by atoms with E-state index in [1.165, 1.54) is 6.20 Å². The number of hydrogen-bond acceptors (Lipinski definition) is 3. The summed E-state index contributed by atoms with van der Waals surface area (Å²) >= 11 is 0. The Morgan fingerprint density at radius 2 is 1.80 bits per heavy atom. The Hall–Kier alpha value is -3.16. The average molecular weight is 346 g/mol. The van der Waals surface area contributed by atoms with Gasteiger partial charge in [-0.15, -0.1) is 0 Å². The summed E-state index contributed by atoms with van der Waals surface area (Å²) in [6, 6.07) is 11.2. The van der Waals surface area contributed by atoms with Gasteiger partial charge in [-0.1, -0.05) is 18.2 Å². The lowest BCUT2D eigenvalue weighted by atomic mass is 10.2. The van der Waals surface area contributed by atoms with Gasteiger partial charge < -0.3 is 5.32 Å². The van der Waals surface area contributed by atoms with Gasteiger partial charge in [-0.05, 0) is 31.2 Å². The van der Waals surface area contributed by atoms with Gasteiger partial charge in [0.25, 0.3) is 5.91 Å². The predicted octanol–water partition coefficient (Wildman–Crippen LogP) is 3.85. The van der Waals surface area contributed by atoms with Crippen molar-refractivity contribution in [1.82, 2.24) is 14.8 Å². The fourth-order valence-corrected chi connectivity index (χ4v) is 2.30. The van der Waals surface area contributed by atoms with Crippen LogP contribution >= 0.6 is 0 Å². The zero-order valence-corrected chi connectivity index (χ0v) is 13.1. The number of nitrogens with one attached hydrogen (secondary N) is 1. The van der Waals surface area contributed by atoms with E-state index in [4.69, 9.17) is 0 Å². The lowest BCUT2D eigenvalue weighted by molar-refractivity contribution is -0.141. The molecule has 0 bridgehead atoms. The molecule has 1 aromatic carbocycles. The van der Waals surface area contributed by atoms with Crippen molar-refractivity contribution in [2.75, 3.05) is 5.32 Å². The molecule has 128 valence electrons. The topological polar surface area (TPSA) is 59.8 Å². The monoisotopic (exact) mass is 346 g/mol. The van der Waals surface area contributed by atoms with Gasteiger partial charge in [-0.25, -0.2) is 9.67 Å². The fraction of sp³-hybridized carbons (Fsp3) is 0.118. The number of hydrogen-bond donors (Lipinski definition) is 1. The van der Waals surface area contributed by atoms with Crippen LogP contribution in [0.5, 0.6) is 0 Å². The van der Waals surface area contributed by atoms with E-state index < -0.39 is 17.8 Å². The summed E-state index contributed by atoms with van der Waals surface area (Å²) in [7, 11) is 0. The molecule has 8 heteroatoms. The zero-order chi connectivity index (χ0) is 18.0. The van der Waals surface area contributed by atoms with Crippen molar-refractivity contribution >= 4 is 11.6 Å². The highest BCUT2D eigenvalue weighted by molar-refractivity contribution is 6.04. The first-order valence-corrected chi connectivity index (χ1v) is 7.31. The predicted molar refractivity (Wildman–Crippen MR) is 85.5 cm³/mol. The van der Waals surface area contributed by atoms with E-state index in [-0.39, 0.29) is 5.69 Å². The Labute approximate surface area is 141 Å². The molecule has 0 aliphatic carbocycles. The van der Waals surface area contributed by atoms with Crippen molar-refractivity contribution in [3.05, 3.63) is 71.8 Å². The van der Waals surface area contributed by atoms with Crippen LogP contribution in [0.2, 0.25) is 0 Å².